The molecule has 1 rings (SSSR count). The summed E-state index contributed by atoms with van der Waals surface area (Å²) in [5, 5.41) is 6.60. The highest BCUT2D eigenvalue weighted by Gasteiger charge is 1.97. The van der Waals surface area contributed by atoms with E-state index in [2.05, 4.69) is 22.5 Å². The fraction of sp³-hybridized carbons (Fsp3) is 0.625. The van der Waals surface area contributed by atoms with Crippen molar-refractivity contribution in [1.82, 2.24) is 15.2 Å². The van der Waals surface area contributed by atoms with Crippen LogP contribution in [0.5, 0.6) is 0 Å². The van der Waals surface area contributed by atoms with Crippen LogP contribution in [-0.2, 0) is 6.54 Å². The Labute approximate surface area is 150 Å². The lowest BCUT2D eigenvalue weighted by atomic mass is 10.2. The Morgan fingerprint density at radius 3 is 2.41 bits per heavy atom. The summed E-state index contributed by atoms with van der Waals surface area (Å²) in [5.74, 6) is 0.864. The third kappa shape index (κ3) is 9.07. The minimum atomic E-state index is 0. The van der Waals surface area contributed by atoms with Crippen molar-refractivity contribution in [2.24, 2.45) is 4.99 Å². The van der Waals surface area contributed by atoms with E-state index in [-0.39, 0.29) is 29.5 Å². The Morgan fingerprint density at radius 2 is 1.82 bits per heavy atom. The lowest BCUT2D eigenvalue weighted by Gasteiger charge is -2.11. The molecular weight excluding hydrogens is 391 g/mol. The second-order valence-electron chi connectivity index (χ2n) is 5.07. The van der Waals surface area contributed by atoms with Gasteiger partial charge in [-0.15, -0.1) is 24.0 Å². The maximum Gasteiger partial charge on any atom is 0.250 e. The maximum absolute atomic E-state index is 11.5. The Hall–Kier alpha value is -1.05. The van der Waals surface area contributed by atoms with Crippen molar-refractivity contribution in [3.63, 3.8) is 0 Å². The molecule has 1 heterocycles. The molecule has 0 aliphatic heterocycles. The molecule has 5 nitrogen and oxygen atoms in total. The predicted octanol–water partition coefficient (Wildman–Crippen LogP) is 2.60. The Morgan fingerprint density at radius 1 is 1.14 bits per heavy atom. The van der Waals surface area contributed by atoms with E-state index >= 15 is 0 Å². The van der Waals surface area contributed by atoms with Gasteiger partial charge in [0.15, 0.2) is 5.96 Å². The summed E-state index contributed by atoms with van der Waals surface area (Å²) in [6, 6.07) is 5.26. The Balaban J connectivity index is 0.00000441. The zero-order valence-corrected chi connectivity index (χ0v) is 16.0. The molecule has 0 saturated heterocycles. The average Bonchev–Trinajstić information content (AvgIpc) is 2.50. The van der Waals surface area contributed by atoms with Crippen molar-refractivity contribution >= 4 is 29.9 Å². The molecule has 0 saturated carbocycles. The zero-order chi connectivity index (χ0) is 15.3. The summed E-state index contributed by atoms with van der Waals surface area (Å²) in [6.45, 7) is 4.80. The van der Waals surface area contributed by atoms with Crippen LogP contribution in [0.3, 0.4) is 0 Å². The van der Waals surface area contributed by atoms with Crippen LogP contribution in [-0.4, -0.2) is 30.7 Å². The van der Waals surface area contributed by atoms with E-state index < -0.39 is 0 Å². The number of guanidine groups is 1. The summed E-state index contributed by atoms with van der Waals surface area (Å²) in [6.07, 6.45) is 7.47. The van der Waals surface area contributed by atoms with Gasteiger partial charge in [-0.05, 0) is 25.3 Å². The van der Waals surface area contributed by atoms with Gasteiger partial charge in [0, 0.05) is 38.9 Å². The van der Waals surface area contributed by atoms with E-state index in [1.54, 1.807) is 23.7 Å². The monoisotopic (exact) mass is 420 g/mol. The molecule has 1 aromatic heterocycles. The normalized spacial score (nSPS) is 10.9. The lowest BCUT2D eigenvalue weighted by Crippen LogP contribution is -2.38. The summed E-state index contributed by atoms with van der Waals surface area (Å²) in [7, 11) is 1.79. The molecule has 0 atom stereocenters. The van der Waals surface area contributed by atoms with Gasteiger partial charge in [-0.25, -0.2) is 0 Å². The molecule has 6 heteroatoms. The molecule has 1 aromatic rings. The quantitative estimate of drug-likeness (QED) is 0.280. The van der Waals surface area contributed by atoms with Crippen molar-refractivity contribution < 1.29 is 0 Å². The van der Waals surface area contributed by atoms with Crippen LogP contribution in [0.1, 0.15) is 39.0 Å². The lowest BCUT2D eigenvalue weighted by molar-refractivity contribution is 0.584. The van der Waals surface area contributed by atoms with Crippen LogP contribution < -0.4 is 16.2 Å². The van der Waals surface area contributed by atoms with Gasteiger partial charge >= 0.3 is 0 Å². The molecule has 0 unspecified atom stereocenters. The van der Waals surface area contributed by atoms with Crippen molar-refractivity contribution in [2.45, 2.75) is 45.6 Å². The molecule has 0 radical (unpaired) electrons. The van der Waals surface area contributed by atoms with Gasteiger partial charge in [-0.3, -0.25) is 9.79 Å². The van der Waals surface area contributed by atoms with E-state index in [1.165, 1.54) is 19.3 Å². The molecule has 2 N–H and O–H groups in total. The number of unbranched alkanes of at least 4 members (excludes halogenated alkanes) is 3. The highest BCUT2D eigenvalue weighted by atomic mass is 127. The number of rotatable bonds is 9. The fourth-order valence-corrected chi connectivity index (χ4v) is 2.06. The summed E-state index contributed by atoms with van der Waals surface area (Å²) in [5.41, 5.74) is 0.0684. The number of hydrogen-bond donors (Lipinski definition) is 2. The first-order valence-electron chi connectivity index (χ1n) is 7.88. The standard InChI is InChI=1S/C16H28N4O.HI/c1-3-4-6-11-18-16(17-2)19-12-7-9-14-20-13-8-5-10-15(20)21;/h5,8,10,13H,3-4,6-7,9,11-12,14H2,1-2H3,(H2,17,18,19);1H. The predicted molar refractivity (Wildman–Crippen MR) is 104 cm³/mol. The largest absolute Gasteiger partial charge is 0.356 e. The van der Waals surface area contributed by atoms with Crippen molar-refractivity contribution in [2.75, 3.05) is 20.1 Å². The van der Waals surface area contributed by atoms with Crippen LogP contribution in [0.4, 0.5) is 0 Å². The molecular formula is C16H29IN4O. The first-order valence-corrected chi connectivity index (χ1v) is 7.88. The van der Waals surface area contributed by atoms with Crippen LogP contribution in [0.2, 0.25) is 0 Å². The molecule has 0 aromatic carbocycles. The van der Waals surface area contributed by atoms with Crippen LogP contribution in [0.25, 0.3) is 0 Å². The average molecular weight is 420 g/mol. The fourth-order valence-electron chi connectivity index (χ4n) is 2.06. The number of pyridine rings is 1. The molecule has 126 valence electrons. The maximum atomic E-state index is 11.5. The summed E-state index contributed by atoms with van der Waals surface area (Å²) >= 11 is 0. The minimum absolute atomic E-state index is 0. The van der Waals surface area contributed by atoms with Crippen LogP contribution >= 0.6 is 24.0 Å². The van der Waals surface area contributed by atoms with E-state index in [4.69, 9.17) is 0 Å². The van der Waals surface area contributed by atoms with Crippen LogP contribution in [0.15, 0.2) is 34.2 Å². The SMILES string of the molecule is CCCCCNC(=NC)NCCCCn1ccccc1=O.I. The second kappa shape index (κ2) is 13.6. The van der Waals surface area contributed by atoms with Gasteiger partial charge in [-0.1, -0.05) is 25.8 Å². The summed E-state index contributed by atoms with van der Waals surface area (Å²) in [4.78, 5) is 15.7. The smallest absolute Gasteiger partial charge is 0.250 e. The topological polar surface area (TPSA) is 58.4 Å². The molecule has 22 heavy (non-hydrogen) atoms. The van der Waals surface area contributed by atoms with Gasteiger partial charge in [-0.2, -0.15) is 0 Å². The third-order valence-electron chi connectivity index (χ3n) is 3.31. The van der Waals surface area contributed by atoms with Gasteiger partial charge in [0.25, 0.3) is 0 Å². The van der Waals surface area contributed by atoms with E-state index in [0.717, 1.165) is 38.4 Å². The molecule has 0 bridgehead atoms. The Bertz CT molecular complexity index is 473. The van der Waals surface area contributed by atoms with Gasteiger partial charge in [0.2, 0.25) is 5.56 Å². The Kier molecular flexibility index (Phi) is 13.0. The number of nitrogens with zero attached hydrogens (tertiary/aromatic N) is 2. The minimum Gasteiger partial charge on any atom is -0.356 e. The number of hydrogen-bond acceptors (Lipinski definition) is 2. The molecule has 0 aliphatic carbocycles. The number of aliphatic imine (C=N–C) groups is 1. The molecule has 0 amide bonds. The highest BCUT2D eigenvalue weighted by molar-refractivity contribution is 14.0. The van der Waals surface area contributed by atoms with Crippen molar-refractivity contribution in [1.29, 1.82) is 0 Å². The summed E-state index contributed by atoms with van der Waals surface area (Å²) < 4.78 is 1.75. The van der Waals surface area contributed by atoms with Gasteiger partial charge < -0.3 is 15.2 Å². The zero-order valence-electron chi connectivity index (χ0n) is 13.7. The second-order valence-corrected chi connectivity index (χ2v) is 5.07. The number of aromatic nitrogens is 1. The number of aryl methyl sites for hydroxylation is 1. The van der Waals surface area contributed by atoms with Crippen LogP contribution in [0, 0.1) is 0 Å². The van der Waals surface area contributed by atoms with E-state index in [1.807, 2.05) is 12.3 Å². The first-order chi connectivity index (χ1) is 10.3. The molecule has 0 aliphatic rings. The van der Waals surface area contributed by atoms with Crippen molar-refractivity contribution in [3.8, 4) is 0 Å². The highest BCUT2D eigenvalue weighted by Crippen LogP contribution is 1.93. The number of nitrogens with one attached hydrogen (secondary N) is 2. The first kappa shape index (κ1) is 20.9. The van der Waals surface area contributed by atoms with E-state index in [9.17, 15) is 4.79 Å². The third-order valence-corrected chi connectivity index (χ3v) is 3.31. The van der Waals surface area contributed by atoms with Gasteiger partial charge in [0.1, 0.15) is 0 Å². The van der Waals surface area contributed by atoms with Gasteiger partial charge in [0.05, 0.1) is 0 Å². The molecule has 0 spiro atoms. The van der Waals surface area contributed by atoms with Crippen molar-refractivity contribution in [3.05, 3.63) is 34.7 Å². The number of halogens is 1. The molecule has 0 fully saturated rings. The van der Waals surface area contributed by atoms with E-state index in [0.29, 0.717) is 0 Å².